The number of hydrogen-bond donors (Lipinski definition) is 0. The monoisotopic (exact) mass is 593 g/mol. The van der Waals surface area contributed by atoms with Gasteiger partial charge in [-0.3, -0.25) is 9.88 Å². The highest BCUT2D eigenvalue weighted by Gasteiger charge is 2.28. The van der Waals surface area contributed by atoms with Gasteiger partial charge in [0.25, 0.3) is 0 Å². The summed E-state index contributed by atoms with van der Waals surface area (Å²) in [5.41, 5.74) is 6.93. The third-order valence-corrected chi connectivity index (χ3v) is 8.28. The molecule has 1 aliphatic heterocycles. The lowest BCUT2D eigenvalue weighted by Gasteiger charge is -2.38. The van der Waals surface area contributed by atoms with Crippen molar-refractivity contribution in [1.29, 1.82) is 0 Å². The van der Waals surface area contributed by atoms with Gasteiger partial charge in [-0.15, -0.1) is 0 Å². The van der Waals surface area contributed by atoms with E-state index in [0.717, 1.165) is 62.6 Å². The van der Waals surface area contributed by atoms with E-state index >= 15 is 0 Å². The Hall–Kier alpha value is -6.41. The smallest absolute Gasteiger partial charge is 0.138 e. The lowest BCUT2D eigenvalue weighted by Crippen LogP contribution is -2.20. The third kappa shape index (κ3) is 4.11. The molecule has 2 aliphatic rings. The van der Waals surface area contributed by atoms with Gasteiger partial charge in [-0.25, -0.2) is 19.9 Å². The highest BCUT2D eigenvalue weighted by atomic mass is 15.3. The first kappa shape index (κ1) is 26.0. The van der Waals surface area contributed by atoms with E-state index in [-0.39, 0.29) is 0 Å². The molecule has 0 unspecified atom stereocenters. The molecule has 1 aliphatic carbocycles. The summed E-state index contributed by atoms with van der Waals surface area (Å²) < 4.78 is 0. The summed E-state index contributed by atoms with van der Waals surface area (Å²) in [6, 6.07) is 34.5. The number of allylic oxidation sites excluding steroid dienone is 2. The molecule has 7 aromatic rings. The normalized spacial score (nSPS) is 12.9. The predicted molar refractivity (Wildman–Crippen MR) is 184 cm³/mol. The summed E-state index contributed by atoms with van der Waals surface area (Å²) in [6.45, 7) is 0.580. The van der Waals surface area contributed by atoms with Gasteiger partial charge in [0.2, 0.25) is 0 Å². The zero-order valence-electron chi connectivity index (χ0n) is 24.6. The van der Waals surface area contributed by atoms with Crippen LogP contribution in [0.3, 0.4) is 0 Å². The Bertz CT molecular complexity index is 2270. The van der Waals surface area contributed by atoms with Crippen molar-refractivity contribution < 1.29 is 0 Å². The van der Waals surface area contributed by atoms with Crippen molar-refractivity contribution in [3.05, 3.63) is 151 Å². The Labute approximate surface area is 265 Å². The van der Waals surface area contributed by atoms with E-state index in [2.05, 4.69) is 53.4 Å². The number of pyridine rings is 3. The van der Waals surface area contributed by atoms with Gasteiger partial charge in [0, 0.05) is 35.1 Å². The molecule has 8 nitrogen and oxygen atoms in total. The first-order chi connectivity index (χ1) is 22.8. The Balaban J connectivity index is 1.38. The summed E-state index contributed by atoms with van der Waals surface area (Å²) >= 11 is 0. The molecule has 0 fully saturated rings. The largest absolute Gasteiger partial charge is 0.461 e. The average Bonchev–Trinajstić information content (AvgIpc) is 3.44. The maximum absolute atomic E-state index is 5.48. The molecule has 5 heterocycles. The van der Waals surface area contributed by atoms with Crippen LogP contribution in [-0.4, -0.2) is 31.5 Å². The predicted octanol–water partition coefficient (Wildman–Crippen LogP) is 9.01. The van der Waals surface area contributed by atoms with E-state index < -0.39 is 0 Å². The molecule has 4 aromatic heterocycles. The standard InChI is InChI=1S/C38H25N8/c1-5-21-39-30(15-1)45(31-16-2-6-22-40-31)28-19-20-29(46(32-17-3-7-23-41-32)33-18-4-8-24-42-33)38-37(28)43-35-26-13-9-11-25-12-10-14-27(34(25)26)36(35)44-38/h1-23H,24H2/q-1. The van der Waals surface area contributed by atoms with Gasteiger partial charge in [-0.1, -0.05) is 84.7 Å². The number of nitrogens with zero attached hydrogens (tertiary/aromatic N) is 8. The number of fused-ring (bicyclic) bond motifs is 4. The number of anilines is 5. The summed E-state index contributed by atoms with van der Waals surface area (Å²) in [5.74, 6) is 2.95. The van der Waals surface area contributed by atoms with Gasteiger partial charge in [-0.2, -0.15) is 0 Å². The fraction of sp³-hybridized carbons (Fsp3) is 0.0263. The molecule has 0 saturated heterocycles. The Morgan fingerprint density at radius 3 is 1.59 bits per heavy atom. The van der Waals surface area contributed by atoms with Gasteiger partial charge in [0.05, 0.1) is 28.4 Å². The van der Waals surface area contributed by atoms with Crippen LogP contribution in [0.4, 0.5) is 28.8 Å². The molecule has 46 heavy (non-hydrogen) atoms. The Morgan fingerprint density at radius 1 is 0.543 bits per heavy atom. The van der Waals surface area contributed by atoms with Crippen molar-refractivity contribution in [2.75, 3.05) is 16.3 Å². The topological polar surface area (TPSA) is 85.0 Å². The summed E-state index contributed by atoms with van der Waals surface area (Å²) in [7, 11) is 0. The van der Waals surface area contributed by atoms with Crippen molar-refractivity contribution >= 4 is 50.6 Å². The minimum Gasteiger partial charge on any atom is -0.461 e. The molecule has 218 valence electrons. The molecule has 0 N–H and O–H groups in total. The Morgan fingerprint density at radius 2 is 1.09 bits per heavy atom. The molecule has 0 spiro atoms. The maximum atomic E-state index is 5.48. The van der Waals surface area contributed by atoms with E-state index in [1.54, 1.807) is 18.6 Å². The molecule has 9 rings (SSSR count). The average molecular weight is 594 g/mol. The third-order valence-electron chi connectivity index (χ3n) is 8.28. The van der Waals surface area contributed by atoms with Crippen LogP contribution in [0.1, 0.15) is 0 Å². The quantitative estimate of drug-likeness (QED) is 0.190. The number of aromatic nitrogens is 5. The second-order valence-corrected chi connectivity index (χ2v) is 11.0. The van der Waals surface area contributed by atoms with Crippen LogP contribution in [0.5, 0.6) is 0 Å². The van der Waals surface area contributed by atoms with Crippen LogP contribution < -0.4 is 9.80 Å². The van der Waals surface area contributed by atoms with E-state index in [4.69, 9.17) is 30.2 Å². The number of rotatable bonds is 6. The van der Waals surface area contributed by atoms with E-state index in [0.29, 0.717) is 17.6 Å². The molecule has 8 heteroatoms. The van der Waals surface area contributed by atoms with Crippen LogP contribution in [0.15, 0.2) is 146 Å². The van der Waals surface area contributed by atoms with Gasteiger partial charge in [0.15, 0.2) is 0 Å². The van der Waals surface area contributed by atoms with Crippen LogP contribution >= 0.6 is 0 Å². The fourth-order valence-corrected chi connectivity index (χ4v) is 6.33. The van der Waals surface area contributed by atoms with Crippen molar-refractivity contribution in [3.63, 3.8) is 0 Å². The zero-order chi connectivity index (χ0) is 30.5. The first-order valence-corrected chi connectivity index (χ1v) is 15.1. The van der Waals surface area contributed by atoms with Gasteiger partial charge < -0.3 is 10.2 Å². The Kier molecular flexibility index (Phi) is 6.02. The lowest BCUT2D eigenvalue weighted by atomic mass is 10.0. The molecule has 3 aromatic carbocycles. The van der Waals surface area contributed by atoms with Gasteiger partial charge in [0.1, 0.15) is 17.2 Å². The van der Waals surface area contributed by atoms with Crippen LogP contribution in [0.25, 0.3) is 49.6 Å². The van der Waals surface area contributed by atoms with E-state index in [1.165, 1.54) is 5.39 Å². The molecule has 0 atom stereocenters. The van der Waals surface area contributed by atoms with Crippen molar-refractivity contribution in [1.82, 2.24) is 24.9 Å². The van der Waals surface area contributed by atoms with E-state index in [1.807, 2.05) is 77.7 Å². The first-order valence-electron chi connectivity index (χ1n) is 15.1. The minimum absolute atomic E-state index is 0.580. The summed E-state index contributed by atoms with van der Waals surface area (Å²) in [5, 5.41) is 7.19. The van der Waals surface area contributed by atoms with Crippen LogP contribution in [0, 0.1) is 0 Å². The summed E-state index contributed by atoms with van der Waals surface area (Å²) in [4.78, 5) is 29.3. The number of benzene rings is 3. The van der Waals surface area contributed by atoms with Crippen LogP contribution in [0.2, 0.25) is 0 Å². The molecule has 0 amide bonds. The van der Waals surface area contributed by atoms with Crippen molar-refractivity contribution in [2.24, 2.45) is 0 Å². The van der Waals surface area contributed by atoms with Gasteiger partial charge >= 0.3 is 0 Å². The fourth-order valence-electron chi connectivity index (χ4n) is 6.33. The van der Waals surface area contributed by atoms with Crippen molar-refractivity contribution in [3.8, 4) is 22.5 Å². The number of hydrogen-bond acceptors (Lipinski definition) is 7. The highest BCUT2D eigenvalue weighted by molar-refractivity contribution is 6.15. The second kappa shape index (κ2) is 10.6. The van der Waals surface area contributed by atoms with E-state index in [9.17, 15) is 0 Å². The molecular weight excluding hydrogens is 568 g/mol. The zero-order valence-corrected chi connectivity index (χ0v) is 24.6. The van der Waals surface area contributed by atoms with Gasteiger partial charge in [-0.05, 0) is 60.1 Å². The second-order valence-electron chi connectivity index (χ2n) is 11.0. The molecule has 0 bridgehead atoms. The highest BCUT2D eigenvalue weighted by Crippen LogP contribution is 2.49. The molecule has 0 saturated carbocycles. The maximum Gasteiger partial charge on any atom is 0.138 e. The summed E-state index contributed by atoms with van der Waals surface area (Å²) in [6.07, 6.45) is 11.4. The van der Waals surface area contributed by atoms with Crippen LogP contribution in [-0.2, 0) is 0 Å². The molecule has 0 radical (unpaired) electrons. The van der Waals surface area contributed by atoms with Crippen molar-refractivity contribution in [2.45, 2.75) is 0 Å². The SMILES string of the molecule is C1=CC[N-]C(N(c2ccccn2)c2ccc(N(c3ccccn3)c3ccccn3)c3nc4c(nc23)-c2cccc3cccc-4c23)=C1. The minimum atomic E-state index is 0.580. The molecular formula is C38H25N8-. The lowest BCUT2D eigenvalue weighted by molar-refractivity contribution is 1.09.